The van der Waals surface area contributed by atoms with Crippen LogP contribution >= 0.6 is 0 Å². The van der Waals surface area contributed by atoms with Gasteiger partial charge in [0.25, 0.3) is 0 Å². The average molecular weight is 391 g/mol. The number of carbonyl (C=O) groups is 1. The molecule has 1 amide bonds. The van der Waals surface area contributed by atoms with E-state index in [0.717, 1.165) is 38.0 Å². The molecular formula is C24H26FN3O. The Balaban J connectivity index is 1.48. The summed E-state index contributed by atoms with van der Waals surface area (Å²) in [6.45, 7) is 4.37. The molecule has 5 heteroatoms. The number of likely N-dealkylation sites (tertiary alicyclic amines) is 1. The third-order valence-electron chi connectivity index (χ3n) is 6.63. The molecule has 2 aliphatic rings. The molecule has 0 saturated carbocycles. The van der Waals surface area contributed by atoms with Gasteiger partial charge in [-0.25, -0.2) is 4.39 Å². The van der Waals surface area contributed by atoms with Gasteiger partial charge in [0.2, 0.25) is 5.91 Å². The molecule has 2 aliphatic heterocycles. The first kappa shape index (κ1) is 18.4. The van der Waals surface area contributed by atoms with Crippen molar-refractivity contribution in [2.24, 2.45) is 0 Å². The molecule has 5 rings (SSSR count). The molecule has 0 bridgehead atoms. The number of H-pyrrole nitrogens is 1. The van der Waals surface area contributed by atoms with Crippen LogP contribution in [0.15, 0.2) is 48.7 Å². The van der Waals surface area contributed by atoms with Crippen LogP contribution in [-0.2, 0) is 11.3 Å². The molecule has 1 aromatic heterocycles. The van der Waals surface area contributed by atoms with Gasteiger partial charge in [0.1, 0.15) is 5.82 Å². The van der Waals surface area contributed by atoms with Crippen molar-refractivity contribution < 1.29 is 9.18 Å². The minimum atomic E-state index is -0.389. The normalized spacial score (nSPS) is 25.0. The first-order valence-corrected chi connectivity index (χ1v) is 10.4. The van der Waals surface area contributed by atoms with Gasteiger partial charge in [0.15, 0.2) is 0 Å². The van der Waals surface area contributed by atoms with E-state index in [9.17, 15) is 9.18 Å². The molecule has 2 N–H and O–H groups in total. The highest BCUT2D eigenvalue weighted by molar-refractivity contribution is 5.83. The number of fused-ring (bicyclic) bond motifs is 1. The molecule has 2 saturated heterocycles. The SMILES string of the molecule is Cc1ccc2[nH]cc(CN3C[C@@H](c4ccccc4F)[C@@]4(CCCC(=O)N4)C3)c2c1. The molecule has 3 aromatic rings. The topological polar surface area (TPSA) is 48.1 Å². The molecule has 2 fully saturated rings. The van der Waals surface area contributed by atoms with Gasteiger partial charge in [0.05, 0.1) is 5.54 Å². The Morgan fingerprint density at radius 1 is 1.24 bits per heavy atom. The van der Waals surface area contributed by atoms with Gasteiger partial charge in [-0.05, 0) is 49.1 Å². The van der Waals surface area contributed by atoms with Crippen molar-refractivity contribution in [2.75, 3.05) is 13.1 Å². The Bertz CT molecular complexity index is 1070. The summed E-state index contributed by atoms with van der Waals surface area (Å²) in [6.07, 6.45) is 4.39. The van der Waals surface area contributed by atoms with Crippen LogP contribution in [-0.4, -0.2) is 34.4 Å². The van der Waals surface area contributed by atoms with Gasteiger partial charge in [-0.2, -0.15) is 0 Å². The van der Waals surface area contributed by atoms with Crippen molar-refractivity contribution in [2.45, 2.75) is 44.2 Å². The lowest BCUT2D eigenvalue weighted by molar-refractivity contribution is -0.125. The highest BCUT2D eigenvalue weighted by Crippen LogP contribution is 2.42. The fraction of sp³-hybridized carbons (Fsp3) is 0.375. The number of halogens is 1. The molecule has 3 heterocycles. The molecule has 1 spiro atoms. The number of aromatic amines is 1. The number of nitrogens with one attached hydrogen (secondary N) is 2. The molecule has 2 atom stereocenters. The summed E-state index contributed by atoms with van der Waals surface area (Å²) in [5, 5.41) is 4.51. The number of hydrogen-bond acceptors (Lipinski definition) is 2. The van der Waals surface area contributed by atoms with Crippen molar-refractivity contribution in [1.82, 2.24) is 15.2 Å². The van der Waals surface area contributed by atoms with Crippen LogP contribution in [0.2, 0.25) is 0 Å². The van der Waals surface area contributed by atoms with E-state index in [1.54, 1.807) is 6.07 Å². The van der Waals surface area contributed by atoms with Crippen LogP contribution < -0.4 is 5.32 Å². The predicted molar refractivity (Wildman–Crippen MR) is 112 cm³/mol. The van der Waals surface area contributed by atoms with Gasteiger partial charge in [0, 0.05) is 49.1 Å². The monoisotopic (exact) mass is 391 g/mol. The van der Waals surface area contributed by atoms with Crippen molar-refractivity contribution in [3.63, 3.8) is 0 Å². The van der Waals surface area contributed by atoms with E-state index in [4.69, 9.17) is 0 Å². The summed E-state index contributed by atoms with van der Waals surface area (Å²) in [5.41, 5.74) is 3.94. The van der Waals surface area contributed by atoms with Gasteiger partial charge < -0.3 is 10.3 Å². The van der Waals surface area contributed by atoms with Crippen molar-refractivity contribution in [3.05, 3.63) is 71.2 Å². The second-order valence-corrected chi connectivity index (χ2v) is 8.66. The van der Waals surface area contributed by atoms with Crippen LogP contribution in [0.3, 0.4) is 0 Å². The summed E-state index contributed by atoms with van der Waals surface area (Å²) < 4.78 is 14.7. The number of benzene rings is 2. The van der Waals surface area contributed by atoms with Crippen LogP contribution in [0, 0.1) is 12.7 Å². The van der Waals surface area contributed by atoms with E-state index in [1.165, 1.54) is 22.6 Å². The highest BCUT2D eigenvalue weighted by Gasteiger charge is 2.50. The molecule has 2 aromatic carbocycles. The molecule has 0 radical (unpaired) electrons. The fourth-order valence-corrected chi connectivity index (χ4v) is 5.29. The van der Waals surface area contributed by atoms with Crippen molar-refractivity contribution in [3.8, 4) is 0 Å². The largest absolute Gasteiger partial charge is 0.361 e. The number of nitrogens with zero attached hydrogens (tertiary/aromatic N) is 1. The second-order valence-electron chi connectivity index (χ2n) is 8.66. The molecule has 0 aliphatic carbocycles. The predicted octanol–water partition coefficient (Wildman–Crippen LogP) is 4.25. The van der Waals surface area contributed by atoms with Gasteiger partial charge in [-0.3, -0.25) is 9.69 Å². The lowest BCUT2D eigenvalue weighted by Gasteiger charge is -2.39. The maximum Gasteiger partial charge on any atom is 0.220 e. The van der Waals surface area contributed by atoms with Crippen molar-refractivity contribution in [1.29, 1.82) is 0 Å². The van der Waals surface area contributed by atoms with Crippen LogP contribution in [0.1, 0.15) is 41.9 Å². The third-order valence-corrected chi connectivity index (χ3v) is 6.63. The summed E-state index contributed by atoms with van der Waals surface area (Å²) in [4.78, 5) is 18.0. The zero-order valence-electron chi connectivity index (χ0n) is 16.7. The van der Waals surface area contributed by atoms with Crippen molar-refractivity contribution >= 4 is 16.8 Å². The summed E-state index contributed by atoms with van der Waals surface area (Å²) in [6, 6.07) is 13.5. The molecular weight excluding hydrogens is 365 g/mol. The summed E-state index contributed by atoms with van der Waals surface area (Å²) in [5.74, 6) is -0.136. The fourth-order valence-electron chi connectivity index (χ4n) is 5.29. The second kappa shape index (κ2) is 6.99. The average Bonchev–Trinajstić information content (AvgIpc) is 3.23. The Kier molecular flexibility index (Phi) is 4.43. The molecule has 29 heavy (non-hydrogen) atoms. The zero-order valence-corrected chi connectivity index (χ0v) is 16.7. The number of aromatic nitrogens is 1. The lowest BCUT2D eigenvalue weighted by Crippen LogP contribution is -2.56. The smallest absolute Gasteiger partial charge is 0.220 e. The van der Waals surface area contributed by atoms with Crippen LogP contribution in [0.5, 0.6) is 0 Å². The number of amides is 1. The molecule has 150 valence electrons. The number of aryl methyl sites for hydroxylation is 1. The highest BCUT2D eigenvalue weighted by atomic mass is 19.1. The molecule has 4 nitrogen and oxygen atoms in total. The van der Waals surface area contributed by atoms with Crippen LogP contribution in [0.4, 0.5) is 4.39 Å². The van der Waals surface area contributed by atoms with Gasteiger partial charge >= 0.3 is 0 Å². The minimum Gasteiger partial charge on any atom is -0.361 e. The van der Waals surface area contributed by atoms with E-state index in [0.29, 0.717) is 12.0 Å². The standard InChI is InChI=1S/C24H26FN3O/c1-16-8-9-22-19(11-16)17(12-26-22)13-28-14-20(18-5-2-3-6-21(18)25)24(15-28)10-4-7-23(29)27-24/h2-3,5-6,8-9,11-12,20,26H,4,7,10,13-15H2,1H3,(H,27,29)/t20-,24+/m0/s1. The van der Waals surface area contributed by atoms with E-state index in [1.807, 2.05) is 12.1 Å². The maximum absolute atomic E-state index is 14.7. The number of piperidine rings is 1. The maximum atomic E-state index is 14.7. The van der Waals surface area contributed by atoms with E-state index < -0.39 is 0 Å². The number of hydrogen-bond donors (Lipinski definition) is 2. The van der Waals surface area contributed by atoms with Gasteiger partial charge in [-0.1, -0.05) is 29.8 Å². The number of rotatable bonds is 3. The lowest BCUT2D eigenvalue weighted by atomic mass is 9.76. The van der Waals surface area contributed by atoms with E-state index >= 15 is 0 Å². The molecule has 0 unspecified atom stereocenters. The first-order valence-electron chi connectivity index (χ1n) is 10.4. The van der Waals surface area contributed by atoms with Crippen LogP contribution in [0.25, 0.3) is 10.9 Å². The zero-order chi connectivity index (χ0) is 20.0. The Labute approximate surface area is 170 Å². The van der Waals surface area contributed by atoms with E-state index in [-0.39, 0.29) is 23.2 Å². The Morgan fingerprint density at radius 2 is 2.10 bits per heavy atom. The Morgan fingerprint density at radius 3 is 2.93 bits per heavy atom. The third kappa shape index (κ3) is 3.23. The van der Waals surface area contributed by atoms with E-state index in [2.05, 4.69) is 46.5 Å². The first-order chi connectivity index (χ1) is 14.0. The number of carbonyl (C=O) groups excluding carboxylic acids is 1. The summed E-state index contributed by atoms with van der Waals surface area (Å²) >= 11 is 0. The quantitative estimate of drug-likeness (QED) is 0.701. The Hall–Kier alpha value is -2.66. The minimum absolute atomic E-state index is 0.0418. The van der Waals surface area contributed by atoms with Gasteiger partial charge in [-0.15, -0.1) is 0 Å². The summed E-state index contributed by atoms with van der Waals surface area (Å²) in [7, 11) is 0.